The normalized spacial score (nSPS) is 19.8. The molecule has 0 aliphatic carbocycles. The van der Waals surface area contributed by atoms with Gasteiger partial charge in [-0.15, -0.1) is 0 Å². The lowest BCUT2D eigenvalue weighted by atomic mass is 10.2. The van der Waals surface area contributed by atoms with Crippen LogP contribution in [0.25, 0.3) is 0 Å². The second kappa shape index (κ2) is 7.49. The van der Waals surface area contributed by atoms with Crippen molar-refractivity contribution in [1.82, 2.24) is 0 Å². The van der Waals surface area contributed by atoms with Gasteiger partial charge in [-0.1, -0.05) is 0 Å². The molecule has 9 nitrogen and oxygen atoms in total. The third-order valence-electron chi connectivity index (χ3n) is 1.76. The number of hydrogen-bond acceptors (Lipinski definition) is 9. The second-order valence-corrected chi connectivity index (χ2v) is 4.65. The molecule has 4 atom stereocenters. The molecular formula is C7H18O9P+. The SMILES string of the molecule is CC(O)[C@@H](O)OC(CO[P+](O)(O)O)[C@@H](O)CO. The molecule has 0 saturated carbocycles. The lowest BCUT2D eigenvalue weighted by Crippen LogP contribution is -2.41. The summed E-state index contributed by atoms with van der Waals surface area (Å²) in [5.74, 6) is 0. The largest absolute Gasteiger partial charge is 0.567 e. The molecule has 0 aliphatic heterocycles. The van der Waals surface area contributed by atoms with Crippen LogP contribution in [0, 0.1) is 0 Å². The predicted molar refractivity (Wildman–Crippen MR) is 55.2 cm³/mol. The molecule has 0 amide bonds. The van der Waals surface area contributed by atoms with E-state index in [4.69, 9.17) is 29.6 Å². The molecule has 0 radical (unpaired) electrons. The van der Waals surface area contributed by atoms with Crippen LogP contribution in [-0.4, -0.2) is 72.9 Å². The van der Waals surface area contributed by atoms with Gasteiger partial charge in [-0.05, 0) is 6.92 Å². The summed E-state index contributed by atoms with van der Waals surface area (Å²) < 4.78 is 8.90. The summed E-state index contributed by atoms with van der Waals surface area (Å²) in [6.45, 7) is -0.216. The highest BCUT2D eigenvalue weighted by atomic mass is 31.2. The van der Waals surface area contributed by atoms with Gasteiger partial charge in [0.05, 0.1) is 6.61 Å². The third-order valence-corrected chi connectivity index (χ3v) is 2.25. The van der Waals surface area contributed by atoms with Gasteiger partial charge < -0.3 is 25.2 Å². The van der Waals surface area contributed by atoms with Crippen molar-refractivity contribution in [3.63, 3.8) is 0 Å². The zero-order chi connectivity index (χ0) is 13.6. The number of aliphatic hydroxyl groups is 4. The van der Waals surface area contributed by atoms with Crippen molar-refractivity contribution in [3.8, 4) is 0 Å². The van der Waals surface area contributed by atoms with Gasteiger partial charge in [0, 0.05) is 0 Å². The Labute approximate surface area is 98.1 Å². The maximum Gasteiger partial charge on any atom is 0.567 e. The molecule has 7 N–H and O–H groups in total. The van der Waals surface area contributed by atoms with Crippen LogP contribution in [0.15, 0.2) is 0 Å². The number of rotatable bonds is 8. The van der Waals surface area contributed by atoms with Crippen LogP contribution in [0.2, 0.25) is 0 Å². The molecule has 0 fully saturated rings. The molecule has 0 heterocycles. The zero-order valence-corrected chi connectivity index (χ0v) is 10.0. The van der Waals surface area contributed by atoms with E-state index < -0.39 is 46.0 Å². The van der Waals surface area contributed by atoms with Gasteiger partial charge >= 0.3 is 8.17 Å². The highest BCUT2D eigenvalue weighted by Gasteiger charge is 2.37. The highest BCUT2D eigenvalue weighted by Crippen LogP contribution is 2.45. The van der Waals surface area contributed by atoms with E-state index in [0.717, 1.165) is 0 Å². The Bertz CT molecular complexity index is 206. The first kappa shape index (κ1) is 17.1. The van der Waals surface area contributed by atoms with E-state index in [2.05, 4.69) is 4.52 Å². The minimum Gasteiger partial charge on any atom is -0.394 e. The van der Waals surface area contributed by atoms with E-state index in [0.29, 0.717) is 0 Å². The maximum absolute atomic E-state index is 9.26. The first-order valence-corrected chi connectivity index (χ1v) is 6.26. The highest BCUT2D eigenvalue weighted by molar-refractivity contribution is 7.53. The van der Waals surface area contributed by atoms with Gasteiger partial charge in [-0.3, -0.25) is 0 Å². The van der Waals surface area contributed by atoms with Gasteiger partial charge in [0.25, 0.3) is 0 Å². The summed E-state index contributed by atoms with van der Waals surface area (Å²) in [4.78, 5) is 25.7. The van der Waals surface area contributed by atoms with E-state index >= 15 is 0 Å². The summed E-state index contributed by atoms with van der Waals surface area (Å²) in [6.07, 6.45) is -5.76. The maximum atomic E-state index is 9.26. The van der Waals surface area contributed by atoms with Crippen LogP contribution in [0.1, 0.15) is 6.92 Å². The van der Waals surface area contributed by atoms with Gasteiger partial charge in [0.2, 0.25) is 0 Å². The molecule has 0 aromatic rings. The van der Waals surface area contributed by atoms with Crippen LogP contribution in [0.5, 0.6) is 0 Å². The molecule has 0 saturated heterocycles. The van der Waals surface area contributed by atoms with Crippen molar-refractivity contribution in [2.45, 2.75) is 31.5 Å². The summed E-state index contributed by atoms with van der Waals surface area (Å²) in [7, 11) is -4.50. The molecule has 0 aromatic carbocycles. The first-order valence-electron chi connectivity index (χ1n) is 4.69. The fourth-order valence-corrected chi connectivity index (χ4v) is 1.17. The summed E-state index contributed by atoms with van der Waals surface area (Å²) >= 11 is 0. The first-order chi connectivity index (χ1) is 7.67. The molecule has 0 rings (SSSR count). The molecule has 104 valence electrons. The Hall–Kier alpha value is 0.0700. The minimum absolute atomic E-state index is 0.692. The smallest absolute Gasteiger partial charge is 0.394 e. The van der Waals surface area contributed by atoms with Crippen molar-refractivity contribution < 1.29 is 44.4 Å². The van der Waals surface area contributed by atoms with E-state index in [-0.39, 0.29) is 0 Å². The monoisotopic (exact) mass is 277 g/mol. The number of aliphatic hydroxyl groups excluding tert-OH is 4. The zero-order valence-electron chi connectivity index (χ0n) is 9.12. The second-order valence-electron chi connectivity index (χ2n) is 3.36. The third kappa shape index (κ3) is 7.90. The Kier molecular flexibility index (Phi) is 7.52. The Morgan fingerprint density at radius 3 is 2.00 bits per heavy atom. The average Bonchev–Trinajstić information content (AvgIpc) is 2.21. The van der Waals surface area contributed by atoms with Crippen LogP contribution in [0.4, 0.5) is 0 Å². The van der Waals surface area contributed by atoms with Crippen molar-refractivity contribution in [1.29, 1.82) is 0 Å². The van der Waals surface area contributed by atoms with Crippen molar-refractivity contribution in [3.05, 3.63) is 0 Å². The molecule has 2 unspecified atom stereocenters. The van der Waals surface area contributed by atoms with Crippen LogP contribution >= 0.6 is 8.17 Å². The van der Waals surface area contributed by atoms with E-state index in [1.807, 2.05) is 0 Å². The van der Waals surface area contributed by atoms with Gasteiger partial charge in [0.1, 0.15) is 24.9 Å². The number of ether oxygens (including phenoxy) is 1. The summed E-state index contributed by atoms with van der Waals surface area (Å²) in [5, 5.41) is 36.1. The topological polar surface area (TPSA) is 160 Å². The lowest BCUT2D eigenvalue weighted by molar-refractivity contribution is -0.213. The molecule has 0 aliphatic rings. The molecule has 0 bridgehead atoms. The summed E-state index contributed by atoms with van der Waals surface area (Å²) in [5.41, 5.74) is 0. The minimum atomic E-state index is -4.50. The fourth-order valence-electron chi connectivity index (χ4n) is 0.825. The molecular weight excluding hydrogens is 259 g/mol. The fraction of sp³-hybridized carbons (Fsp3) is 1.00. The van der Waals surface area contributed by atoms with Crippen LogP contribution < -0.4 is 0 Å². The van der Waals surface area contributed by atoms with E-state index in [1.165, 1.54) is 6.92 Å². The van der Waals surface area contributed by atoms with Crippen molar-refractivity contribution in [2.75, 3.05) is 13.2 Å². The Morgan fingerprint density at radius 1 is 1.12 bits per heavy atom. The van der Waals surface area contributed by atoms with Crippen molar-refractivity contribution in [2.24, 2.45) is 0 Å². The average molecular weight is 277 g/mol. The van der Waals surface area contributed by atoms with Crippen molar-refractivity contribution >= 4 is 8.17 Å². The Morgan fingerprint density at radius 2 is 1.65 bits per heavy atom. The van der Waals surface area contributed by atoms with Gasteiger partial charge in [-0.2, -0.15) is 19.2 Å². The molecule has 10 heteroatoms. The van der Waals surface area contributed by atoms with E-state index in [9.17, 15) is 10.2 Å². The van der Waals surface area contributed by atoms with E-state index in [1.54, 1.807) is 0 Å². The quantitative estimate of drug-likeness (QED) is 0.182. The number of hydrogen-bond donors (Lipinski definition) is 7. The summed E-state index contributed by atoms with van der Waals surface area (Å²) in [6, 6.07) is 0. The van der Waals surface area contributed by atoms with Gasteiger partial charge in [-0.25, -0.2) is 0 Å². The van der Waals surface area contributed by atoms with Gasteiger partial charge in [0.15, 0.2) is 6.29 Å². The van der Waals surface area contributed by atoms with Crippen LogP contribution in [-0.2, 0) is 9.26 Å². The van der Waals surface area contributed by atoms with Crippen LogP contribution in [0.3, 0.4) is 0 Å². The lowest BCUT2D eigenvalue weighted by Gasteiger charge is -2.25. The molecule has 0 aromatic heterocycles. The predicted octanol–water partition coefficient (Wildman–Crippen LogP) is -2.90. The standard InChI is InChI=1S/C7H18O9P/c1-4(9)7(11)16-6(5(10)2-8)3-15-17(12,13)14/h4-14H,2-3H2,1H3/q+1/t4?,5-,6?,7-/m0/s1. The molecule has 0 spiro atoms. The molecule has 17 heavy (non-hydrogen) atoms. The Balaban J connectivity index is 4.34.